The number of amides is 1. The summed E-state index contributed by atoms with van der Waals surface area (Å²) in [6.07, 6.45) is 1.46. The van der Waals surface area contributed by atoms with Crippen molar-refractivity contribution < 1.29 is 9.90 Å². The van der Waals surface area contributed by atoms with Crippen LogP contribution in [0.15, 0.2) is 24.3 Å². The van der Waals surface area contributed by atoms with E-state index < -0.39 is 0 Å². The molecule has 1 heterocycles. The zero-order valence-corrected chi connectivity index (χ0v) is 10.4. The van der Waals surface area contributed by atoms with E-state index in [1.165, 1.54) is 0 Å². The molecule has 1 atom stereocenters. The number of halogens is 1. The summed E-state index contributed by atoms with van der Waals surface area (Å²) in [5, 5.41) is 10.1. The van der Waals surface area contributed by atoms with Crippen LogP contribution >= 0.6 is 11.6 Å². The molecule has 1 aromatic rings. The first-order valence-corrected chi connectivity index (χ1v) is 6.24. The molecular formula is C13H16ClNO2. The number of likely N-dealkylation sites (tertiary alicyclic amines) is 1. The number of carbonyl (C=O) groups is 1. The third kappa shape index (κ3) is 3.20. The Morgan fingerprint density at radius 1 is 1.47 bits per heavy atom. The number of nitrogens with zero attached hydrogens (tertiary/aromatic N) is 1. The Kier molecular flexibility index (Phi) is 4.02. The van der Waals surface area contributed by atoms with E-state index in [1.54, 1.807) is 4.90 Å². The molecular weight excluding hydrogens is 238 g/mol. The summed E-state index contributed by atoms with van der Waals surface area (Å²) in [6.45, 7) is 1.14. The van der Waals surface area contributed by atoms with E-state index in [0.717, 1.165) is 5.56 Å². The van der Waals surface area contributed by atoms with Crippen LogP contribution in [0, 0.1) is 0 Å². The van der Waals surface area contributed by atoms with Gasteiger partial charge >= 0.3 is 0 Å². The number of aliphatic hydroxyl groups is 1. The van der Waals surface area contributed by atoms with Gasteiger partial charge in [0.15, 0.2) is 0 Å². The lowest BCUT2D eigenvalue weighted by Gasteiger charge is -2.15. The first-order chi connectivity index (χ1) is 8.16. The Bertz CT molecular complexity index is 408. The Labute approximate surface area is 106 Å². The van der Waals surface area contributed by atoms with Gasteiger partial charge in [0, 0.05) is 24.5 Å². The van der Waals surface area contributed by atoms with Gasteiger partial charge < -0.3 is 10.0 Å². The SMILES string of the molecule is O=C(CCc1ccccc1Cl)N1CCC(O)C1. The van der Waals surface area contributed by atoms with Crippen LogP contribution in [0.2, 0.25) is 5.02 Å². The largest absolute Gasteiger partial charge is 0.391 e. The fraction of sp³-hybridized carbons (Fsp3) is 0.462. The fourth-order valence-electron chi connectivity index (χ4n) is 2.07. The van der Waals surface area contributed by atoms with Gasteiger partial charge in [-0.2, -0.15) is 0 Å². The number of aryl methyl sites for hydroxylation is 1. The van der Waals surface area contributed by atoms with Crippen molar-refractivity contribution in [2.75, 3.05) is 13.1 Å². The van der Waals surface area contributed by atoms with Crippen LogP contribution in [0.1, 0.15) is 18.4 Å². The number of aliphatic hydroxyl groups excluding tert-OH is 1. The summed E-state index contributed by atoms with van der Waals surface area (Å²) in [5.74, 6) is 0.0986. The normalized spacial score (nSPS) is 19.6. The van der Waals surface area contributed by atoms with Gasteiger partial charge in [-0.1, -0.05) is 29.8 Å². The number of hydrogen-bond acceptors (Lipinski definition) is 2. The molecule has 0 spiro atoms. The van der Waals surface area contributed by atoms with Gasteiger partial charge in [-0.25, -0.2) is 0 Å². The first-order valence-electron chi connectivity index (χ1n) is 5.86. The number of rotatable bonds is 3. The molecule has 1 fully saturated rings. The van der Waals surface area contributed by atoms with Gasteiger partial charge in [0.2, 0.25) is 5.91 Å². The van der Waals surface area contributed by atoms with E-state index in [-0.39, 0.29) is 12.0 Å². The van der Waals surface area contributed by atoms with Crippen molar-refractivity contribution in [3.63, 3.8) is 0 Å². The van der Waals surface area contributed by atoms with Crippen molar-refractivity contribution in [3.8, 4) is 0 Å². The highest BCUT2D eigenvalue weighted by Crippen LogP contribution is 2.18. The molecule has 1 saturated heterocycles. The second kappa shape index (κ2) is 5.52. The quantitative estimate of drug-likeness (QED) is 0.893. The number of hydrogen-bond donors (Lipinski definition) is 1. The molecule has 1 unspecified atom stereocenters. The summed E-state index contributed by atoms with van der Waals surface area (Å²) >= 11 is 6.03. The summed E-state index contributed by atoms with van der Waals surface area (Å²) < 4.78 is 0. The van der Waals surface area contributed by atoms with Crippen LogP contribution < -0.4 is 0 Å². The highest BCUT2D eigenvalue weighted by molar-refractivity contribution is 6.31. The molecule has 1 amide bonds. The third-order valence-corrected chi connectivity index (χ3v) is 3.45. The second-order valence-electron chi connectivity index (χ2n) is 4.37. The Balaban J connectivity index is 1.86. The molecule has 1 aliphatic rings. The van der Waals surface area contributed by atoms with Crippen LogP contribution in [0.25, 0.3) is 0 Å². The maximum Gasteiger partial charge on any atom is 0.222 e. The molecule has 2 rings (SSSR count). The van der Waals surface area contributed by atoms with Gasteiger partial charge in [0.1, 0.15) is 0 Å². The monoisotopic (exact) mass is 253 g/mol. The molecule has 0 aliphatic carbocycles. The number of carbonyl (C=O) groups excluding carboxylic acids is 1. The summed E-state index contributed by atoms with van der Waals surface area (Å²) in [4.78, 5) is 13.6. The molecule has 0 saturated carbocycles. The topological polar surface area (TPSA) is 40.5 Å². The maximum absolute atomic E-state index is 11.8. The van der Waals surface area contributed by atoms with Gasteiger partial charge in [0.25, 0.3) is 0 Å². The Hall–Kier alpha value is -1.06. The molecule has 4 heteroatoms. The molecule has 0 aromatic heterocycles. The molecule has 1 aliphatic heterocycles. The van der Waals surface area contributed by atoms with Crippen molar-refractivity contribution in [3.05, 3.63) is 34.9 Å². The van der Waals surface area contributed by atoms with Gasteiger partial charge in [0.05, 0.1) is 6.10 Å². The van der Waals surface area contributed by atoms with Crippen molar-refractivity contribution in [2.24, 2.45) is 0 Å². The van der Waals surface area contributed by atoms with Crippen molar-refractivity contribution in [2.45, 2.75) is 25.4 Å². The Morgan fingerprint density at radius 2 is 2.24 bits per heavy atom. The van der Waals surface area contributed by atoms with Crippen molar-refractivity contribution >= 4 is 17.5 Å². The molecule has 1 N–H and O–H groups in total. The van der Waals surface area contributed by atoms with Crippen LogP contribution in [0.5, 0.6) is 0 Å². The minimum Gasteiger partial charge on any atom is -0.391 e. The zero-order chi connectivity index (χ0) is 12.3. The van der Waals surface area contributed by atoms with Gasteiger partial charge in [-0.3, -0.25) is 4.79 Å². The molecule has 92 valence electrons. The predicted octanol–water partition coefficient (Wildman–Crippen LogP) is 1.87. The van der Waals surface area contributed by atoms with Crippen molar-refractivity contribution in [1.29, 1.82) is 0 Å². The average Bonchev–Trinajstić information content (AvgIpc) is 2.74. The van der Waals surface area contributed by atoms with E-state index in [0.29, 0.717) is 37.4 Å². The predicted molar refractivity (Wildman–Crippen MR) is 67.0 cm³/mol. The number of β-amino-alcohol motifs (C(OH)–C–C–N with tert-alkyl or cyclic N) is 1. The molecule has 3 nitrogen and oxygen atoms in total. The lowest BCUT2D eigenvalue weighted by Crippen LogP contribution is -2.29. The third-order valence-electron chi connectivity index (χ3n) is 3.08. The lowest BCUT2D eigenvalue weighted by molar-refractivity contribution is -0.130. The molecule has 0 radical (unpaired) electrons. The minimum absolute atomic E-state index is 0.0986. The summed E-state index contributed by atoms with van der Waals surface area (Å²) in [7, 11) is 0. The first kappa shape index (κ1) is 12.4. The lowest BCUT2D eigenvalue weighted by atomic mass is 10.1. The van der Waals surface area contributed by atoms with Gasteiger partial charge in [-0.15, -0.1) is 0 Å². The summed E-state index contributed by atoms with van der Waals surface area (Å²) in [6, 6.07) is 7.57. The van der Waals surface area contributed by atoms with Crippen LogP contribution in [0.4, 0.5) is 0 Å². The summed E-state index contributed by atoms with van der Waals surface area (Å²) in [5.41, 5.74) is 1.00. The standard InChI is InChI=1S/C13H16ClNO2/c14-12-4-2-1-3-10(12)5-6-13(17)15-8-7-11(16)9-15/h1-4,11,16H,5-9H2. The van der Waals surface area contributed by atoms with Crippen LogP contribution in [-0.2, 0) is 11.2 Å². The number of benzene rings is 1. The van der Waals surface area contributed by atoms with Gasteiger partial charge in [-0.05, 0) is 24.5 Å². The van der Waals surface area contributed by atoms with E-state index >= 15 is 0 Å². The van der Waals surface area contributed by atoms with Crippen molar-refractivity contribution in [1.82, 2.24) is 4.90 Å². The fourth-order valence-corrected chi connectivity index (χ4v) is 2.30. The second-order valence-corrected chi connectivity index (χ2v) is 4.78. The maximum atomic E-state index is 11.8. The highest BCUT2D eigenvalue weighted by atomic mass is 35.5. The Morgan fingerprint density at radius 3 is 2.88 bits per heavy atom. The van der Waals surface area contributed by atoms with E-state index in [9.17, 15) is 9.90 Å². The zero-order valence-electron chi connectivity index (χ0n) is 9.60. The average molecular weight is 254 g/mol. The molecule has 17 heavy (non-hydrogen) atoms. The van der Waals surface area contributed by atoms with E-state index in [2.05, 4.69) is 0 Å². The molecule has 1 aromatic carbocycles. The smallest absolute Gasteiger partial charge is 0.222 e. The minimum atomic E-state index is -0.348. The van der Waals surface area contributed by atoms with E-state index in [1.807, 2.05) is 24.3 Å². The molecule has 0 bridgehead atoms. The van der Waals surface area contributed by atoms with E-state index in [4.69, 9.17) is 11.6 Å². The van der Waals surface area contributed by atoms with Crippen LogP contribution in [0.3, 0.4) is 0 Å². The highest BCUT2D eigenvalue weighted by Gasteiger charge is 2.23. The van der Waals surface area contributed by atoms with Crippen LogP contribution in [-0.4, -0.2) is 35.1 Å².